The largest absolute Gasteiger partial charge is 0.457 e. The molecule has 1 saturated carbocycles. The Balaban J connectivity index is 1.51. The number of benzene rings is 2. The summed E-state index contributed by atoms with van der Waals surface area (Å²) in [6.07, 6.45) is 14.8. The standard InChI is InChI=1S/C26H30N5O/c1-27-17-21-7-5-6-10-26(21)30(31-16-15-28-18-23(31)19-29-20-31)22-11-13-25(14-12-22)32-24-8-3-2-4-9-24/h2-4,8-9,11-16,18-21,26-27H,5-7,10,17H2,1H3/q+1. The summed E-state index contributed by atoms with van der Waals surface area (Å²) in [6, 6.07) is 18.7. The van der Waals surface area contributed by atoms with Crippen molar-refractivity contribution >= 4 is 18.2 Å². The number of nitrogens with zero attached hydrogens (tertiary/aromatic N) is 4. The van der Waals surface area contributed by atoms with Gasteiger partial charge in [0.05, 0.1) is 30.3 Å². The molecule has 1 N–H and O–H groups in total. The summed E-state index contributed by atoms with van der Waals surface area (Å²) in [7, 11) is 2.05. The molecule has 2 heterocycles. The highest BCUT2D eigenvalue weighted by Crippen LogP contribution is 2.40. The average molecular weight is 429 g/mol. The van der Waals surface area contributed by atoms with Crippen LogP contribution in [0.15, 0.2) is 88.9 Å². The SMILES string of the molecule is CNCC1CCCCC1N(c1ccc(Oc2ccccc2)cc1)[N+]12C=CN=CC1=CN=C2. The van der Waals surface area contributed by atoms with Crippen LogP contribution in [0.1, 0.15) is 25.7 Å². The minimum Gasteiger partial charge on any atom is -0.457 e. The van der Waals surface area contributed by atoms with Gasteiger partial charge in [-0.2, -0.15) is 0 Å². The van der Waals surface area contributed by atoms with Gasteiger partial charge in [0.15, 0.2) is 6.20 Å². The second-order valence-electron chi connectivity index (χ2n) is 8.56. The zero-order valence-corrected chi connectivity index (χ0v) is 18.5. The van der Waals surface area contributed by atoms with Gasteiger partial charge in [-0.15, -0.1) is 4.59 Å². The Morgan fingerprint density at radius 3 is 2.59 bits per heavy atom. The lowest BCUT2D eigenvalue weighted by molar-refractivity contribution is -0.746. The summed E-state index contributed by atoms with van der Waals surface area (Å²) in [5.41, 5.74) is 2.21. The Labute approximate surface area is 189 Å². The summed E-state index contributed by atoms with van der Waals surface area (Å²) >= 11 is 0. The Bertz CT molecular complexity index is 1040. The molecule has 6 heteroatoms. The van der Waals surface area contributed by atoms with Gasteiger partial charge >= 0.3 is 0 Å². The van der Waals surface area contributed by atoms with Crippen LogP contribution < -0.4 is 15.1 Å². The monoisotopic (exact) mass is 428 g/mol. The van der Waals surface area contributed by atoms with E-state index in [4.69, 9.17) is 4.74 Å². The van der Waals surface area contributed by atoms with E-state index in [9.17, 15) is 0 Å². The van der Waals surface area contributed by atoms with Crippen LogP contribution in [0.25, 0.3) is 0 Å². The second kappa shape index (κ2) is 9.10. The first-order chi connectivity index (χ1) is 15.8. The smallest absolute Gasteiger partial charge is 0.225 e. The fraction of sp³-hybridized carbons (Fsp3) is 0.308. The molecular formula is C26H30N5O+. The fourth-order valence-electron chi connectivity index (χ4n) is 5.06. The lowest BCUT2D eigenvalue weighted by atomic mass is 9.83. The number of quaternary nitrogens is 1. The molecule has 32 heavy (non-hydrogen) atoms. The van der Waals surface area contributed by atoms with Crippen molar-refractivity contribution in [1.29, 1.82) is 0 Å². The van der Waals surface area contributed by atoms with E-state index in [-0.39, 0.29) is 0 Å². The molecule has 0 spiro atoms. The van der Waals surface area contributed by atoms with E-state index in [1.165, 1.54) is 19.3 Å². The molecule has 0 bridgehead atoms. The Morgan fingerprint density at radius 2 is 1.78 bits per heavy atom. The van der Waals surface area contributed by atoms with Crippen molar-refractivity contribution in [3.05, 3.63) is 78.9 Å². The normalized spacial score (nSPS) is 26.0. The number of fused-ring (bicyclic) bond motifs is 1. The Morgan fingerprint density at radius 1 is 1.00 bits per heavy atom. The summed E-state index contributed by atoms with van der Waals surface area (Å²) in [5.74, 6) is 2.23. The molecular weight excluding hydrogens is 398 g/mol. The average Bonchev–Trinajstić information content (AvgIpc) is 3.27. The van der Waals surface area contributed by atoms with Gasteiger partial charge in [-0.25, -0.2) is 10.0 Å². The van der Waals surface area contributed by atoms with Crippen LogP contribution >= 0.6 is 0 Å². The van der Waals surface area contributed by atoms with Crippen LogP contribution in [0.3, 0.4) is 0 Å². The summed E-state index contributed by atoms with van der Waals surface area (Å²) < 4.78 is 6.49. The van der Waals surface area contributed by atoms with Crippen molar-refractivity contribution in [3.8, 4) is 11.5 Å². The van der Waals surface area contributed by atoms with Crippen LogP contribution in [0.4, 0.5) is 5.69 Å². The maximum Gasteiger partial charge on any atom is 0.225 e. The van der Waals surface area contributed by atoms with E-state index in [1.54, 1.807) is 0 Å². The van der Waals surface area contributed by atoms with Gasteiger partial charge in [0.1, 0.15) is 11.5 Å². The fourth-order valence-corrected chi connectivity index (χ4v) is 5.06. The van der Waals surface area contributed by atoms with Crippen molar-refractivity contribution in [2.24, 2.45) is 15.9 Å². The number of ether oxygens (including phenoxy) is 1. The zero-order chi connectivity index (χ0) is 21.8. The van der Waals surface area contributed by atoms with E-state index in [2.05, 4.69) is 50.8 Å². The molecule has 5 rings (SSSR count). The number of rotatable bonds is 7. The molecule has 2 aromatic carbocycles. The first-order valence-corrected chi connectivity index (χ1v) is 11.4. The van der Waals surface area contributed by atoms with Crippen LogP contribution in [-0.2, 0) is 0 Å². The summed E-state index contributed by atoms with van der Waals surface area (Å²) in [5, 5.41) is 5.94. The highest BCUT2D eigenvalue weighted by Gasteiger charge is 2.47. The number of anilines is 1. The number of para-hydroxylation sites is 1. The molecule has 3 unspecified atom stereocenters. The Kier molecular flexibility index (Phi) is 5.88. The molecule has 0 amide bonds. The van der Waals surface area contributed by atoms with Crippen molar-refractivity contribution in [1.82, 2.24) is 5.32 Å². The van der Waals surface area contributed by atoms with Gasteiger partial charge in [-0.3, -0.25) is 4.99 Å². The minimum atomic E-state index is 0.376. The van der Waals surface area contributed by atoms with Crippen LogP contribution in [0.5, 0.6) is 11.5 Å². The molecule has 0 saturated heterocycles. The quantitative estimate of drug-likeness (QED) is 0.614. The molecule has 0 aromatic heterocycles. The first kappa shape index (κ1) is 20.7. The summed E-state index contributed by atoms with van der Waals surface area (Å²) in [6.45, 7) is 1.00. The molecule has 1 fully saturated rings. The van der Waals surface area contributed by atoms with Gasteiger partial charge in [-0.05, 0) is 68.8 Å². The maximum absolute atomic E-state index is 6.04. The van der Waals surface area contributed by atoms with Gasteiger partial charge in [0.25, 0.3) is 0 Å². The van der Waals surface area contributed by atoms with Gasteiger partial charge in [0.2, 0.25) is 12.0 Å². The zero-order valence-electron chi connectivity index (χ0n) is 18.5. The molecule has 3 atom stereocenters. The number of allylic oxidation sites excluding steroid dienone is 1. The summed E-state index contributed by atoms with van der Waals surface area (Å²) in [4.78, 5) is 8.92. The second-order valence-corrected chi connectivity index (χ2v) is 8.56. The van der Waals surface area contributed by atoms with Crippen molar-refractivity contribution in [3.63, 3.8) is 0 Å². The minimum absolute atomic E-state index is 0.376. The molecule has 6 nitrogen and oxygen atoms in total. The lowest BCUT2D eigenvalue weighted by Crippen LogP contribution is -2.62. The number of nitrogens with one attached hydrogen (secondary N) is 1. The third-order valence-corrected chi connectivity index (χ3v) is 6.54. The van der Waals surface area contributed by atoms with E-state index >= 15 is 0 Å². The lowest BCUT2D eigenvalue weighted by Gasteiger charge is -2.47. The van der Waals surface area contributed by atoms with E-state index in [0.29, 0.717) is 16.6 Å². The number of aliphatic imine (C=N–C) groups is 2. The highest BCUT2D eigenvalue weighted by atomic mass is 16.5. The van der Waals surface area contributed by atoms with Gasteiger partial charge in [-0.1, -0.05) is 31.0 Å². The van der Waals surface area contributed by atoms with Crippen LogP contribution in [0, 0.1) is 5.92 Å². The van der Waals surface area contributed by atoms with Crippen molar-refractivity contribution in [2.75, 3.05) is 18.6 Å². The molecule has 3 aliphatic rings. The van der Waals surface area contributed by atoms with Gasteiger partial charge in [0, 0.05) is 0 Å². The highest BCUT2D eigenvalue weighted by molar-refractivity contribution is 5.82. The van der Waals surface area contributed by atoms with Crippen molar-refractivity contribution < 1.29 is 9.33 Å². The third-order valence-electron chi connectivity index (χ3n) is 6.54. The first-order valence-electron chi connectivity index (χ1n) is 11.4. The molecule has 2 aliphatic heterocycles. The topological polar surface area (TPSA) is 49.2 Å². The third kappa shape index (κ3) is 3.87. The van der Waals surface area contributed by atoms with Crippen molar-refractivity contribution in [2.45, 2.75) is 31.7 Å². The van der Waals surface area contributed by atoms with Gasteiger partial charge < -0.3 is 10.1 Å². The predicted molar refractivity (Wildman–Crippen MR) is 130 cm³/mol. The Hall–Kier alpha value is -3.22. The molecule has 0 radical (unpaired) electrons. The molecule has 164 valence electrons. The predicted octanol–water partition coefficient (Wildman–Crippen LogP) is 5.23. The molecule has 2 aromatic rings. The van der Waals surface area contributed by atoms with Crippen LogP contribution in [-0.4, -0.2) is 36.8 Å². The maximum atomic E-state index is 6.04. The number of hydrogen-bond donors (Lipinski definition) is 1. The van der Waals surface area contributed by atoms with E-state index in [1.807, 2.05) is 62.3 Å². The van der Waals surface area contributed by atoms with E-state index in [0.717, 1.165) is 35.8 Å². The van der Waals surface area contributed by atoms with E-state index < -0.39 is 0 Å². The number of hydrogen-bond acceptors (Lipinski definition) is 5. The molecule has 1 aliphatic carbocycles. The van der Waals surface area contributed by atoms with Crippen LogP contribution in [0.2, 0.25) is 0 Å².